The van der Waals surface area contributed by atoms with Crippen molar-refractivity contribution in [3.05, 3.63) is 66.2 Å². The number of carbonyl (C=O) groups is 1. The first-order valence-corrected chi connectivity index (χ1v) is 9.97. The molecule has 1 fully saturated rings. The zero-order valence-electron chi connectivity index (χ0n) is 16.5. The largest absolute Gasteiger partial charge is 0.493 e. The fourth-order valence-electron chi connectivity index (χ4n) is 3.48. The quantitative estimate of drug-likeness (QED) is 0.678. The van der Waals surface area contributed by atoms with Crippen LogP contribution in [0, 0.1) is 0 Å². The van der Waals surface area contributed by atoms with Gasteiger partial charge in [0.1, 0.15) is 5.75 Å². The standard InChI is InChI=1S/C23H24N4O2/c1-2-29-21-11-4-3-10-19(21)23(28)24-18-9-7-8-17(16-18)20-12-13-22(26-25-20)27-14-5-6-15-27/h3-4,7-13,16H,2,5-6,14-15H2,1H3,(H,24,28). The summed E-state index contributed by atoms with van der Waals surface area (Å²) >= 11 is 0. The molecule has 0 atom stereocenters. The van der Waals surface area contributed by atoms with Crippen LogP contribution >= 0.6 is 0 Å². The molecule has 2 heterocycles. The number of aromatic nitrogens is 2. The van der Waals surface area contributed by atoms with Gasteiger partial charge >= 0.3 is 0 Å². The van der Waals surface area contributed by atoms with E-state index in [0.717, 1.165) is 30.2 Å². The van der Waals surface area contributed by atoms with Gasteiger partial charge in [0.05, 0.1) is 17.9 Å². The van der Waals surface area contributed by atoms with Crippen LogP contribution in [0.25, 0.3) is 11.3 Å². The minimum atomic E-state index is -0.207. The van der Waals surface area contributed by atoms with E-state index in [4.69, 9.17) is 4.74 Å². The van der Waals surface area contributed by atoms with Gasteiger partial charge in [-0.2, -0.15) is 0 Å². The SMILES string of the molecule is CCOc1ccccc1C(=O)Nc1cccc(-c2ccc(N3CCCC3)nn2)c1. The lowest BCUT2D eigenvalue weighted by atomic mass is 10.1. The summed E-state index contributed by atoms with van der Waals surface area (Å²) in [6, 6.07) is 18.8. The predicted octanol–water partition coefficient (Wildman–Crippen LogP) is 4.39. The second kappa shape index (κ2) is 8.73. The Balaban J connectivity index is 1.51. The summed E-state index contributed by atoms with van der Waals surface area (Å²) < 4.78 is 5.56. The monoisotopic (exact) mass is 388 g/mol. The highest BCUT2D eigenvalue weighted by atomic mass is 16.5. The highest BCUT2D eigenvalue weighted by Gasteiger charge is 2.15. The second-order valence-corrected chi connectivity index (χ2v) is 6.94. The average molecular weight is 388 g/mol. The summed E-state index contributed by atoms with van der Waals surface area (Å²) in [5, 5.41) is 11.7. The number of anilines is 2. The Kier molecular flexibility index (Phi) is 5.70. The van der Waals surface area contributed by atoms with Crippen molar-refractivity contribution in [2.75, 3.05) is 29.9 Å². The smallest absolute Gasteiger partial charge is 0.259 e. The van der Waals surface area contributed by atoms with E-state index in [0.29, 0.717) is 23.6 Å². The van der Waals surface area contributed by atoms with Crippen LogP contribution in [0.5, 0.6) is 5.75 Å². The van der Waals surface area contributed by atoms with Crippen LogP contribution in [0.3, 0.4) is 0 Å². The van der Waals surface area contributed by atoms with Gasteiger partial charge < -0.3 is 15.0 Å². The maximum atomic E-state index is 12.7. The number of nitrogens with zero attached hydrogens (tertiary/aromatic N) is 3. The van der Waals surface area contributed by atoms with Crippen LogP contribution in [0.15, 0.2) is 60.7 Å². The Bertz CT molecular complexity index is 982. The maximum Gasteiger partial charge on any atom is 0.259 e. The summed E-state index contributed by atoms with van der Waals surface area (Å²) in [5.41, 5.74) is 2.89. The normalized spacial score (nSPS) is 13.3. The zero-order valence-corrected chi connectivity index (χ0v) is 16.5. The van der Waals surface area contributed by atoms with Crippen molar-refractivity contribution >= 4 is 17.4 Å². The summed E-state index contributed by atoms with van der Waals surface area (Å²) in [7, 11) is 0. The van der Waals surface area contributed by atoms with Gasteiger partial charge in [0, 0.05) is 24.3 Å². The molecule has 1 N–H and O–H groups in total. The molecule has 2 aromatic carbocycles. The van der Waals surface area contributed by atoms with E-state index in [-0.39, 0.29) is 5.91 Å². The molecule has 1 aromatic heterocycles. The molecule has 1 saturated heterocycles. The molecule has 4 rings (SSSR count). The van der Waals surface area contributed by atoms with Crippen molar-refractivity contribution in [1.82, 2.24) is 10.2 Å². The second-order valence-electron chi connectivity index (χ2n) is 6.94. The molecule has 0 aliphatic carbocycles. The van der Waals surface area contributed by atoms with Crippen molar-refractivity contribution in [1.29, 1.82) is 0 Å². The van der Waals surface area contributed by atoms with Crippen molar-refractivity contribution in [3.63, 3.8) is 0 Å². The van der Waals surface area contributed by atoms with E-state index in [1.54, 1.807) is 12.1 Å². The molecule has 0 radical (unpaired) electrons. The predicted molar refractivity (Wildman–Crippen MR) is 114 cm³/mol. The number of rotatable bonds is 6. The lowest BCUT2D eigenvalue weighted by molar-refractivity contribution is 0.102. The van der Waals surface area contributed by atoms with Crippen LogP contribution in [0.4, 0.5) is 11.5 Å². The van der Waals surface area contributed by atoms with Gasteiger partial charge in [0.25, 0.3) is 5.91 Å². The first kappa shape index (κ1) is 18.9. The molecule has 0 saturated carbocycles. The molecule has 6 heteroatoms. The number of ether oxygens (including phenoxy) is 1. The number of benzene rings is 2. The van der Waals surface area contributed by atoms with Gasteiger partial charge in [0.15, 0.2) is 5.82 Å². The van der Waals surface area contributed by atoms with Gasteiger partial charge in [-0.15, -0.1) is 10.2 Å². The van der Waals surface area contributed by atoms with Gasteiger partial charge in [-0.3, -0.25) is 4.79 Å². The molecule has 29 heavy (non-hydrogen) atoms. The van der Waals surface area contributed by atoms with Crippen molar-refractivity contribution in [2.45, 2.75) is 19.8 Å². The van der Waals surface area contributed by atoms with Crippen molar-refractivity contribution in [2.24, 2.45) is 0 Å². The highest BCUT2D eigenvalue weighted by Crippen LogP contribution is 2.25. The third kappa shape index (κ3) is 4.37. The Morgan fingerprint density at radius 2 is 1.86 bits per heavy atom. The zero-order chi connectivity index (χ0) is 20.1. The van der Waals surface area contributed by atoms with E-state index < -0.39 is 0 Å². The molecular weight excluding hydrogens is 364 g/mol. The topological polar surface area (TPSA) is 67.3 Å². The number of hydrogen-bond donors (Lipinski definition) is 1. The fraction of sp³-hybridized carbons (Fsp3) is 0.261. The van der Waals surface area contributed by atoms with Gasteiger partial charge in [-0.05, 0) is 56.2 Å². The maximum absolute atomic E-state index is 12.7. The molecule has 0 unspecified atom stereocenters. The van der Waals surface area contributed by atoms with E-state index in [9.17, 15) is 4.79 Å². The van der Waals surface area contributed by atoms with Crippen LogP contribution in [0.1, 0.15) is 30.1 Å². The molecule has 1 aliphatic heterocycles. The number of para-hydroxylation sites is 1. The third-order valence-electron chi connectivity index (χ3n) is 4.93. The number of carbonyl (C=O) groups excluding carboxylic acids is 1. The van der Waals surface area contributed by atoms with Crippen LogP contribution in [0.2, 0.25) is 0 Å². The number of amides is 1. The molecule has 148 valence electrons. The van der Waals surface area contributed by atoms with E-state index in [1.807, 2.05) is 55.5 Å². The molecule has 0 spiro atoms. The first-order chi connectivity index (χ1) is 14.2. The Hall–Kier alpha value is -3.41. The summed E-state index contributed by atoms with van der Waals surface area (Å²) in [6.07, 6.45) is 2.41. The van der Waals surface area contributed by atoms with Crippen LogP contribution < -0.4 is 15.0 Å². The summed E-state index contributed by atoms with van der Waals surface area (Å²) in [6.45, 7) is 4.48. The Morgan fingerprint density at radius 1 is 1.03 bits per heavy atom. The van der Waals surface area contributed by atoms with E-state index in [1.165, 1.54) is 12.8 Å². The van der Waals surface area contributed by atoms with Gasteiger partial charge in [0.2, 0.25) is 0 Å². The van der Waals surface area contributed by atoms with Gasteiger partial charge in [-0.1, -0.05) is 24.3 Å². The average Bonchev–Trinajstić information content (AvgIpc) is 3.30. The summed E-state index contributed by atoms with van der Waals surface area (Å²) in [5.74, 6) is 1.29. The molecule has 6 nitrogen and oxygen atoms in total. The fourth-order valence-corrected chi connectivity index (χ4v) is 3.48. The van der Waals surface area contributed by atoms with Crippen LogP contribution in [-0.4, -0.2) is 35.8 Å². The number of nitrogens with one attached hydrogen (secondary N) is 1. The third-order valence-corrected chi connectivity index (χ3v) is 4.93. The minimum Gasteiger partial charge on any atom is -0.493 e. The summed E-state index contributed by atoms with van der Waals surface area (Å²) in [4.78, 5) is 15.0. The highest BCUT2D eigenvalue weighted by molar-refractivity contribution is 6.06. The van der Waals surface area contributed by atoms with Crippen molar-refractivity contribution in [3.8, 4) is 17.0 Å². The molecule has 0 bridgehead atoms. The molecular formula is C23H24N4O2. The lowest BCUT2D eigenvalue weighted by Crippen LogP contribution is -2.19. The minimum absolute atomic E-state index is 0.207. The number of hydrogen-bond acceptors (Lipinski definition) is 5. The van der Waals surface area contributed by atoms with E-state index in [2.05, 4.69) is 20.4 Å². The van der Waals surface area contributed by atoms with Crippen molar-refractivity contribution < 1.29 is 9.53 Å². The Labute approximate surface area is 170 Å². The molecule has 1 aliphatic rings. The lowest BCUT2D eigenvalue weighted by Gasteiger charge is -2.15. The molecule has 1 amide bonds. The first-order valence-electron chi connectivity index (χ1n) is 9.97. The van der Waals surface area contributed by atoms with Gasteiger partial charge in [-0.25, -0.2) is 0 Å². The van der Waals surface area contributed by atoms with E-state index >= 15 is 0 Å². The molecule has 3 aromatic rings. The Morgan fingerprint density at radius 3 is 2.62 bits per heavy atom. The van der Waals surface area contributed by atoms with Crippen LogP contribution in [-0.2, 0) is 0 Å².